The quantitative estimate of drug-likeness (QED) is 0.588. The van der Waals surface area contributed by atoms with E-state index in [1.807, 2.05) is 18.2 Å². The number of nitrogens with zero attached hydrogens (tertiary/aromatic N) is 1. The second kappa shape index (κ2) is 5.51. The van der Waals surface area contributed by atoms with Crippen molar-refractivity contribution >= 4 is 35.0 Å². The van der Waals surface area contributed by atoms with E-state index in [1.165, 1.54) is 11.8 Å². The van der Waals surface area contributed by atoms with Gasteiger partial charge in [-0.25, -0.2) is 13.8 Å². The highest BCUT2D eigenvalue weighted by atomic mass is 35.5. The Morgan fingerprint density at radius 2 is 2.17 bits per heavy atom. The Morgan fingerprint density at radius 3 is 2.83 bits per heavy atom. The first-order chi connectivity index (χ1) is 8.43. The fraction of sp³-hybridized carbons (Fsp3) is 0.583. The molecule has 100 valence electrons. The number of halogens is 4. The van der Waals surface area contributed by atoms with E-state index in [1.54, 1.807) is 6.20 Å². The summed E-state index contributed by atoms with van der Waals surface area (Å²) in [7, 11) is 0. The first-order valence-electron chi connectivity index (χ1n) is 5.73. The van der Waals surface area contributed by atoms with Gasteiger partial charge in [-0.15, -0.1) is 11.8 Å². The molecule has 0 spiro atoms. The van der Waals surface area contributed by atoms with Gasteiger partial charge >= 0.3 is 0 Å². The first kappa shape index (κ1) is 14.4. The summed E-state index contributed by atoms with van der Waals surface area (Å²) < 4.78 is 25.4. The second-order valence-corrected chi connectivity index (χ2v) is 6.82. The standard InChI is InChI=1S/C12H13Cl2F2NS/c13-12(14)9(4-3-6-11(12,15)16)8-18-10-5-1-2-7-17-10/h1-2,5,7,9H,3-4,6,8H2. The Balaban J connectivity index is 2.01. The molecule has 1 saturated carbocycles. The molecule has 1 atom stereocenters. The topological polar surface area (TPSA) is 12.9 Å². The zero-order valence-corrected chi connectivity index (χ0v) is 11.9. The van der Waals surface area contributed by atoms with E-state index < -0.39 is 16.2 Å². The Morgan fingerprint density at radius 1 is 1.39 bits per heavy atom. The molecule has 0 aromatic carbocycles. The average molecular weight is 312 g/mol. The van der Waals surface area contributed by atoms with Crippen LogP contribution < -0.4 is 0 Å². The summed E-state index contributed by atoms with van der Waals surface area (Å²) in [5.41, 5.74) is 0. The average Bonchev–Trinajstić information content (AvgIpc) is 2.32. The largest absolute Gasteiger partial charge is 0.280 e. The zero-order valence-electron chi connectivity index (χ0n) is 9.58. The number of pyridine rings is 1. The summed E-state index contributed by atoms with van der Waals surface area (Å²) in [4.78, 5) is 4.14. The zero-order chi connectivity index (χ0) is 13.2. The van der Waals surface area contributed by atoms with Gasteiger partial charge in [0.15, 0.2) is 4.33 Å². The Bertz CT molecular complexity index is 400. The molecule has 1 heterocycles. The third kappa shape index (κ3) is 2.91. The molecule has 0 bridgehead atoms. The third-order valence-electron chi connectivity index (χ3n) is 3.11. The monoisotopic (exact) mass is 311 g/mol. The number of hydrogen-bond donors (Lipinski definition) is 0. The van der Waals surface area contributed by atoms with Crippen molar-refractivity contribution in [3.63, 3.8) is 0 Å². The lowest BCUT2D eigenvalue weighted by atomic mass is 9.86. The summed E-state index contributed by atoms with van der Waals surface area (Å²) in [5, 5.41) is 0.801. The van der Waals surface area contributed by atoms with E-state index in [2.05, 4.69) is 4.98 Å². The van der Waals surface area contributed by atoms with Crippen molar-refractivity contribution in [1.82, 2.24) is 4.98 Å². The Labute approximate surface area is 119 Å². The minimum atomic E-state index is -3.01. The van der Waals surface area contributed by atoms with Crippen LogP contribution in [-0.2, 0) is 0 Å². The van der Waals surface area contributed by atoms with Crippen LogP contribution in [0.5, 0.6) is 0 Å². The van der Waals surface area contributed by atoms with Gasteiger partial charge in [-0.3, -0.25) is 0 Å². The highest BCUT2D eigenvalue weighted by Gasteiger charge is 2.57. The van der Waals surface area contributed by atoms with Crippen molar-refractivity contribution in [2.75, 3.05) is 5.75 Å². The third-order valence-corrected chi connectivity index (χ3v) is 5.39. The first-order valence-corrected chi connectivity index (χ1v) is 7.47. The molecule has 0 amide bonds. The lowest BCUT2D eigenvalue weighted by Crippen LogP contribution is -2.48. The van der Waals surface area contributed by atoms with Gasteiger partial charge in [0, 0.05) is 24.3 Å². The number of hydrogen-bond acceptors (Lipinski definition) is 2. The molecule has 1 fully saturated rings. The molecule has 1 aromatic heterocycles. The number of aromatic nitrogens is 1. The molecule has 0 radical (unpaired) electrons. The fourth-order valence-corrected chi connectivity index (χ4v) is 3.87. The van der Waals surface area contributed by atoms with Crippen molar-refractivity contribution in [3.8, 4) is 0 Å². The van der Waals surface area contributed by atoms with Crippen molar-refractivity contribution in [2.24, 2.45) is 5.92 Å². The summed E-state index contributed by atoms with van der Waals surface area (Å²) in [6.07, 6.45) is 2.53. The maximum absolute atomic E-state index is 13.7. The van der Waals surface area contributed by atoms with Crippen LogP contribution in [0.1, 0.15) is 19.3 Å². The SMILES string of the molecule is FC1(F)CCCC(CSc2ccccn2)C1(Cl)Cl. The second-order valence-electron chi connectivity index (χ2n) is 4.40. The van der Waals surface area contributed by atoms with Crippen LogP contribution in [0.4, 0.5) is 8.78 Å². The van der Waals surface area contributed by atoms with Crippen LogP contribution in [-0.4, -0.2) is 21.0 Å². The van der Waals surface area contributed by atoms with Crippen molar-refractivity contribution in [3.05, 3.63) is 24.4 Å². The van der Waals surface area contributed by atoms with Crippen LogP contribution in [0.3, 0.4) is 0 Å². The summed E-state index contributed by atoms with van der Waals surface area (Å²) in [6.45, 7) is 0. The lowest BCUT2D eigenvalue weighted by molar-refractivity contribution is -0.0588. The molecule has 1 aliphatic carbocycles. The van der Waals surface area contributed by atoms with E-state index >= 15 is 0 Å². The van der Waals surface area contributed by atoms with E-state index in [0.29, 0.717) is 18.6 Å². The highest BCUT2D eigenvalue weighted by Crippen LogP contribution is 2.53. The predicted octanol–water partition coefficient (Wildman–Crippen LogP) is 4.78. The van der Waals surface area contributed by atoms with Gasteiger partial charge < -0.3 is 0 Å². The van der Waals surface area contributed by atoms with Crippen LogP contribution in [0.15, 0.2) is 29.4 Å². The highest BCUT2D eigenvalue weighted by molar-refractivity contribution is 7.99. The van der Waals surface area contributed by atoms with Gasteiger partial charge in [0.25, 0.3) is 5.92 Å². The summed E-state index contributed by atoms with van der Waals surface area (Å²) in [6, 6.07) is 5.52. The molecule has 1 unspecified atom stereocenters. The fourth-order valence-electron chi connectivity index (χ4n) is 2.02. The molecular weight excluding hydrogens is 299 g/mol. The van der Waals surface area contributed by atoms with Gasteiger partial charge in [0.2, 0.25) is 0 Å². The van der Waals surface area contributed by atoms with E-state index in [4.69, 9.17) is 23.2 Å². The van der Waals surface area contributed by atoms with E-state index in [-0.39, 0.29) is 6.42 Å². The smallest absolute Gasteiger partial charge is 0.250 e. The molecular formula is C12H13Cl2F2NS. The normalized spacial score (nSPS) is 25.9. The molecule has 18 heavy (non-hydrogen) atoms. The number of alkyl halides is 4. The van der Waals surface area contributed by atoms with Crippen molar-refractivity contribution in [2.45, 2.75) is 34.5 Å². The summed E-state index contributed by atoms with van der Waals surface area (Å²) in [5.74, 6) is -2.97. The molecule has 0 aliphatic heterocycles. The van der Waals surface area contributed by atoms with Gasteiger partial charge in [0.05, 0.1) is 5.03 Å². The number of rotatable bonds is 3. The maximum atomic E-state index is 13.7. The Hall–Kier alpha value is -0.0600. The van der Waals surface area contributed by atoms with Crippen molar-refractivity contribution in [1.29, 1.82) is 0 Å². The molecule has 1 aliphatic rings. The van der Waals surface area contributed by atoms with Crippen molar-refractivity contribution < 1.29 is 8.78 Å². The predicted molar refractivity (Wildman–Crippen MR) is 71.7 cm³/mol. The maximum Gasteiger partial charge on any atom is 0.280 e. The van der Waals surface area contributed by atoms with Crippen LogP contribution in [0.2, 0.25) is 0 Å². The van der Waals surface area contributed by atoms with Gasteiger partial charge in [-0.2, -0.15) is 0 Å². The molecule has 2 rings (SSSR count). The van der Waals surface area contributed by atoms with E-state index in [0.717, 1.165) is 5.03 Å². The minimum absolute atomic E-state index is 0.231. The number of thioether (sulfide) groups is 1. The van der Waals surface area contributed by atoms with Crippen LogP contribution in [0, 0.1) is 5.92 Å². The van der Waals surface area contributed by atoms with E-state index in [9.17, 15) is 8.78 Å². The molecule has 0 saturated heterocycles. The van der Waals surface area contributed by atoms with Crippen LogP contribution >= 0.6 is 35.0 Å². The van der Waals surface area contributed by atoms with Gasteiger partial charge in [-0.05, 0) is 25.0 Å². The molecule has 0 N–H and O–H groups in total. The molecule has 1 nitrogen and oxygen atoms in total. The molecule has 1 aromatic rings. The summed E-state index contributed by atoms with van der Waals surface area (Å²) >= 11 is 13.2. The lowest BCUT2D eigenvalue weighted by Gasteiger charge is -2.40. The minimum Gasteiger partial charge on any atom is -0.250 e. The van der Waals surface area contributed by atoms with Gasteiger partial charge in [-0.1, -0.05) is 29.3 Å². The van der Waals surface area contributed by atoms with Gasteiger partial charge in [0.1, 0.15) is 0 Å². The van der Waals surface area contributed by atoms with Crippen LogP contribution in [0.25, 0.3) is 0 Å². The Kier molecular flexibility index (Phi) is 4.40. The molecule has 6 heteroatoms.